The van der Waals surface area contributed by atoms with E-state index in [1.165, 1.54) is 6.92 Å². The molecule has 0 saturated carbocycles. The van der Waals surface area contributed by atoms with Crippen molar-refractivity contribution in [3.8, 4) is 0 Å². The highest BCUT2D eigenvalue weighted by Gasteiger charge is 2.47. The average Bonchev–Trinajstić information content (AvgIpc) is 2.72. The van der Waals surface area contributed by atoms with E-state index in [0.717, 1.165) is 11.1 Å². The normalized spacial score (nSPS) is 26.8. The second-order valence-corrected chi connectivity index (χ2v) is 7.04. The molecule has 0 spiro atoms. The number of rotatable bonds is 8. The summed E-state index contributed by atoms with van der Waals surface area (Å²) in [5.41, 5.74) is 2.04. The number of carbonyl (C=O) groups excluding carboxylic acids is 1. The molecule has 1 heterocycles. The summed E-state index contributed by atoms with van der Waals surface area (Å²) in [6.07, 6.45) is -2.69. The van der Waals surface area contributed by atoms with E-state index in [2.05, 4.69) is 0 Å². The van der Waals surface area contributed by atoms with Crippen molar-refractivity contribution in [2.75, 3.05) is 7.11 Å². The Morgan fingerprint density at radius 2 is 1.38 bits per heavy atom. The second kappa shape index (κ2) is 10.5. The highest BCUT2D eigenvalue weighted by atomic mass is 16.7. The van der Waals surface area contributed by atoms with Gasteiger partial charge < -0.3 is 23.7 Å². The summed E-state index contributed by atoms with van der Waals surface area (Å²) in [7, 11) is 1.61. The van der Waals surface area contributed by atoms with Crippen molar-refractivity contribution in [3.63, 3.8) is 0 Å². The zero-order valence-corrected chi connectivity index (χ0v) is 17.0. The minimum absolute atomic E-state index is 0.332. The minimum Gasteiger partial charge on any atom is -0.433 e. The van der Waals surface area contributed by atoms with Crippen LogP contribution in [0.5, 0.6) is 0 Å². The van der Waals surface area contributed by atoms with E-state index in [-0.39, 0.29) is 12.2 Å². The van der Waals surface area contributed by atoms with Gasteiger partial charge in [0.05, 0.1) is 19.3 Å². The lowest BCUT2D eigenvalue weighted by Gasteiger charge is -2.44. The molecule has 6 heteroatoms. The number of ether oxygens (including phenoxy) is 5. The fraction of sp³-hybridized carbons (Fsp3) is 0.435. The third-order valence-electron chi connectivity index (χ3n) is 4.85. The third kappa shape index (κ3) is 5.87. The Hall–Kier alpha value is -2.25. The van der Waals surface area contributed by atoms with Gasteiger partial charge in [-0.25, -0.2) is 0 Å². The molecule has 0 N–H and O–H groups in total. The van der Waals surface area contributed by atoms with Crippen LogP contribution in [0.4, 0.5) is 0 Å². The minimum atomic E-state index is -0.876. The molecule has 2 aromatic rings. The smallest absolute Gasteiger partial charge is 0.305 e. The first-order valence-corrected chi connectivity index (χ1v) is 9.75. The van der Waals surface area contributed by atoms with Crippen molar-refractivity contribution in [2.24, 2.45) is 0 Å². The van der Waals surface area contributed by atoms with E-state index in [9.17, 15) is 4.79 Å². The number of hydrogen-bond donors (Lipinski definition) is 0. The van der Waals surface area contributed by atoms with Crippen LogP contribution in [0.25, 0.3) is 0 Å². The van der Waals surface area contributed by atoms with E-state index in [1.807, 2.05) is 67.6 Å². The molecule has 5 atom stereocenters. The van der Waals surface area contributed by atoms with Crippen LogP contribution >= 0.6 is 0 Å². The van der Waals surface area contributed by atoms with Gasteiger partial charge in [-0.2, -0.15) is 0 Å². The summed E-state index contributed by atoms with van der Waals surface area (Å²) >= 11 is 0. The van der Waals surface area contributed by atoms with Gasteiger partial charge in [-0.05, 0) is 18.1 Å². The lowest BCUT2D eigenvalue weighted by Crippen LogP contribution is -2.60. The lowest BCUT2D eigenvalue weighted by molar-refractivity contribution is -0.307. The van der Waals surface area contributed by atoms with Crippen LogP contribution in [-0.4, -0.2) is 43.8 Å². The van der Waals surface area contributed by atoms with Crippen LogP contribution < -0.4 is 0 Å². The summed E-state index contributed by atoms with van der Waals surface area (Å²) in [5, 5.41) is 0. The molecule has 1 fully saturated rings. The average molecular weight is 400 g/mol. The van der Waals surface area contributed by atoms with Crippen LogP contribution in [0.15, 0.2) is 60.7 Å². The SMILES string of the molecule is COC1C(C)OC(OC(C)=O)C(OCc2ccccc2)C1OCc1ccccc1. The molecule has 0 aromatic heterocycles. The maximum Gasteiger partial charge on any atom is 0.305 e. The largest absolute Gasteiger partial charge is 0.433 e. The van der Waals surface area contributed by atoms with Gasteiger partial charge in [-0.3, -0.25) is 4.79 Å². The summed E-state index contributed by atoms with van der Waals surface area (Å²) in [5.74, 6) is -0.437. The van der Waals surface area contributed by atoms with Gasteiger partial charge in [0.1, 0.15) is 18.3 Å². The van der Waals surface area contributed by atoms with E-state index in [1.54, 1.807) is 7.11 Å². The Morgan fingerprint density at radius 1 is 0.862 bits per heavy atom. The van der Waals surface area contributed by atoms with Crippen molar-refractivity contribution >= 4 is 5.97 Å². The molecular weight excluding hydrogens is 372 g/mol. The fourth-order valence-corrected chi connectivity index (χ4v) is 3.46. The van der Waals surface area contributed by atoms with Gasteiger partial charge in [-0.15, -0.1) is 0 Å². The lowest BCUT2D eigenvalue weighted by atomic mass is 9.98. The van der Waals surface area contributed by atoms with Crippen molar-refractivity contribution in [1.82, 2.24) is 0 Å². The maximum atomic E-state index is 11.6. The first-order chi connectivity index (χ1) is 14.1. The van der Waals surface area contributed by atoms with Gasteiger partial charge >= 0.3 is 5.97 Å². The zero-order chi connectivity index (χ0) is 20.6. The number of benzene rings is 2. The molecule has 3 rings (SSSR count). The summed E-state index contributed by atoms with van der Waals surface area (Å²) in [6.45, 7) is 3.94. The van der Waals surface area contributed by atoms with Crippen LogP contribution in [0.1, 0.15) is 25.0 Å². The van der Waals surface area contributed by atoms with Gasteiger partial charge in [0.15, 0.2) is 0 Å². The topological polar surface area (TPSA) is 63.2 Å². The Kier molecular flexibility index (Phi) is 7.77. The van der Waals surface area contributed by atoms with Gasteiger partial charge in [0, 0.05) is 14.0 Å². The highest BCUT2D eigenvalue weighted by molar-refractivity contribution is 5.66. The Bertz CT molecular complexity index is 750. The third-order valence-corrected chi connectivity index (χ3v) is 4.85. The first-order valence-electron chi connectivity index (χ1n) is 9.75. The number of methoxy groups -OCH3 is 1. The Morgan fingerprint density at radius 3 is 1.86 bits per heavy atom. The van der Waals surface area contributed by atoms with Crippen LogP contribution in [0.3, 0.4) is 0 Å². The van der Waals surface area contributed by atoms with E-state index < -0.39 is 24.5 Å². The molecular formula is C23H28O6. The summed E-state index contributed by atoms with van der Waals surface area (Å²) in [6, 6.07) is 19.7. The van der Waals surface area contributed by atoms with Crippen LogP contribution in [0.2, 0.25) is 0 Å². The number of carbonyl (C=O) groups is 1. The number of hydrogen-bond acceptors (Lipinski definition) is 6. The van der Waals surface area contributed by atoms with E-state index in [0.29, 0.717) is 13.2 Å². The molecule has 29 heavy (non-hydrogen) atoms. The van der Waals surface area contributed by atoms with Crippen molar-refractivity contribution in [3.05, 3.63) is 71.8 Å². The predicted molar refractivity (Wildman–Crippen MR) is 107 cm³/mol. The van der Waals surface area contributed by atoms with E-state index >= 15 is 0 Å². The molecule has 5 unspecified atom stereocenters. The Balaban J connectivity index is 1.80. The molecule has 0 aliphatic carbocycles. The standard InChI is InChI=1S/C23H28O6/c1-16-20(25-3)21(26-14-18-10-6-4-7-11-18)22(23(28-16)29-17(2)24)27-15-19-12-8-5-9-13-19/h4-13,16,20-23H,14-15H2,1-3H3. The van der Waals surface area contributed by atoms with Crippen molar-refractivity contribution in [1.29, 1.82) is 0 Å². The first kappa shape index (κ1) is 21.5. The molecule has 1 aliphatic heterocycles. The van der Waals surface area contributed by atoms with Crippen LogP contribution in [0, 0.1) is 0 Å². The molecule has 156 valence electrons. The molecule has 1 saturated heterocycles. The van der Waals surface area contributed by atoms with Gasteiger partial charge in [0.2, 0.25) is 6.29 Å². The molecule has 1 aliphatic rings. The second-order valence-electron chi connectivity index (χ2n) is 7.04. The molecule has 2 aromatic carbocycles. The maximum absolute atomic E-state index is 11.6. The van der Waals surface area contributed by atoms with E-state index in [4.69, 9.17) is 23.7 Å². The summed E-state index contributed by atoms with van der Waals surface area (Å²) < 4.78 is 29.4. The quantitative estimate of drug-likeness (QED) is 0.632. The predicted octanol–water partition coefficient (Wildman–Crippen LogP) is 3.48. The van der Waals surface area contributed by atoms with Crippen molar-refractivity contribution < 1.29 is 28.5 Å². The van der Waals surface area contributed by atoms with Gasteiger partial charge in [0.25, 0.3) is 0 Å². The molecule has 0 bridgehead atoms. The van der Waals surface area contributed by atoms with Crippen LogP contribution in [-0.2, 0) is 41.7 Å². The molecule has 0 radical (unpaired) electrons. The number of esters is 1. The van der Waals surface area contributed by atoms with Crippen molar-refractivity contribution in [2.45, 2.75) is 57.8 Å². The highest BCUT2D eigenvalue weighted by Crippen LogP contribution is 2.30. The van der Waals surface area contributed by atoms with Gasteiger partial charge in [-0.1, -0.05) is 60.7 Å². The summed E-state index contributed by atoms with van der Waals surface area (Å²) in [4.78, 5) is 11.6. The monoisotopic (exact) mass is 400 g/mol. The molecule has 6 nitrogen and oxygen atoms in total. The molecule has 0 amide bonds. The Labute approximate surface area is 171 Å². The fourth-order valence-electron chi connectivity index (χ4n) is 3.46. The zero-order valence-electron chi connectivity index (χ0n) is 17.0.